The number of ether oxygens (including phenoxy) is 1. The lowest BCUT2D eigenvalue weighted by molar-refractivity contribution is -0.131. The Labute approximate surface area is 128 Å². The smallest absolute Gasteiger partial charge is 0.345 e. The molecule has 1 aromatic rings. The lowest BCUT2D eigenvalue weighted by atomic mass is 9.80. The van der Waals surface area contributed by atoms with Crippen molar-refractivity contribution in [2.24, 2.45) is 5.92 Å². The molecule has 5 nitrogen and oxygen atoms in total. The van der Waals surface area contributed by atoms with Gasteiger partial charge in [0.15, 0.2) is 0 Å². The Hall–Kier alpha value is -1.08. The van der Waals surface area contributed by atoms with Crippen molar-refractivity contribution in [1.29, 1.82) is 0 Å². The number of rotatable bonds is 6. The summed E-state index contributed by atoms with van der Waals surface area (Å²) in [6.45, 7) is -0.359. The molecule has 1 aliphatic heterocycles. The summed E-state index contributed by atoms with van der Waals surface area (Å²) in [6.07, 6.45) is 5.67. The largest absolute Gasteiger partial charge is 0.424 e. The molecular weight excluding hydrogens is 292 g/mol. The maximum atomic E-state index is 12.1. The van der Waals surface area contributed by atoms with Crippen LogP contribution in [0.3, 0.4) is 0 Å². The Bertz CT molecular complexity index is 535. The van der Waals surface area contributed by atoms with Gasteiger partial charge in [-0.15, -0.1) is 10.2 Å². The molecule has 1 saturated heterocycles. The highest BCUT2D eigenvalue weighted by Gasteiger charge is 2.54. The zero-order chi connectivity index (χ0) is 15.2. The molecule has 4 rings (SSSR count). The van der Waals surface area contributed by atoms with Gasteiger partial charge >= 0.3 is 6.61 Å². The highest BCUT2D eigenvalue weighted by Crippen LogP contribution is 2.50. The van der Waals surface area contributed by atoms with Crippen molar-refractivity contribution in [3.63, 3.8) is 0 Å². The molecule has 22 heavy (non-hydrogen) atoms. The quantitative estimate of drug-likeness (QED) is 0.808. The van der Waals surface area contributed by atoms with E-state index in [0.717, 1.165) is 50.6 Å². The topological polar surface area (TPSA) is 51.4 Å². The molecule has 0 aromatic carbocycles. The van der Waals surface area contributed by atoms with Gasteiger partial charge in [0.1, 0.15) is 0 Å². The van der Waals surface area contributed by atoms with Crippen molar-refractivity contribution in [2.75, 3.05) is 26.2 Å². The van der Waals surface area contributed by atoms with Crippen molar-refractivity contribution < 1.29 is 17.9 Å². The summed E-state index contributed by atoms with van der Waals surface area (Å²) >= 11 is 0. The molecule has 0 amide bonds. The average molecular weight is 313 g/mol. The fraction of sp³-hybridized carbons (Fsp3) is 0.867. The molecule has 3 fully saturated rings. The van der Waals surface area contributed by atoms with E-state index in [1.807, 2.05) is 0 Å². The predicted molar refractivity (Wildman–Crippen MR) is 73.7 cm³/mol. The van der Waals surface area contributed by atoms with Crippen LogP contribution in [0.25, 0.3) is 0 Å². The maximum Gasteiger partial charge on any atom is 0.345 e. The summed E-state index contributed by atoms with van der Waals surface area (Å²) in [5.41, 5.74) is -0.0645. The summed E-state index contributed by atoms with van der Waals surface area (Å²) in [6, 6.07) is 0. The first-order valence-electron chi connectivity index (χ1n) is 8.13. The number of fused-ring (bicyclic) bond motifs is 1. The highest BCUT2D eigenvalue weighted by molar-refractivity contribution is 5.17. The van der Waals surface area contributed by atoms with Gasteiger partial charge in [-0.1, -0.05) is 6.42 Å². The lowest BCUT2D eigenvalue weighted by Gasteiger charge is -2.24. The molecule has 0 bridgehead atoms. The van der Waals surface area contributed by atoms with Gasteiger partial charge in [0.25, 0.3) is 0 Å². The molecule has 0 spiro atoms. The first-order valence-corrected chi connectivity index (χ1v) is 8.13. The Balaban J connectivity index is 1.46. The molecule has 0 N–H and O–H groups in total. The van der Waals surface area contributed by atoms with E-state index in [-0.39, 0.29) is 12.0 Å². The minimum atomic E-state index is -2.69. The Kier molecular flexibility index (Phi) is 3.64. The monoisotopic (exact) mass is 313 g/mol. The highest BCUT2D eigenvalue weighted by atomic mass is 19.3. The van der Waals surface area contributed by atoms with Gasteiger partial charge in [0.2, 0.25) is 11.8 Å². The third-order valence-corrected chi connectivity index (χ3v) is 5.39. The molecule has 0 unspecified atom stereocenters. The van der Waals surface area contributed by atoms with Gasteiger partial charge in [-0.05, 0) is 31.6 Å². The van der Waals surface area contributed by atoms with Gasteiger partial charge in [-0.25, -0.2) is 0 Å². The first kappa shape index (κ1) is 14.5. The van der Waals surface area contributed by atoms with Gasteiger partial charge in [0.05, 0.1) is 12.0 Å². The molecule has 2 atom stereocenters. The summed E-state index contributed by atoms with van der Waals surface area (Å²) in [4.78, 5) is 2.20. The number of hydrogen-bond acceptors (Lipinski definition) is 5. The third kappa shape index (κ3) is 2.54. The number of aromatic nitrogens is 2. The molecule has 122 valence electrons. The van der Waals surface area contributed by atoms with Crippen LogP contribution in [0.4, 0.5) is 8.78 Å². The van der Waals surface area contributed by atoms with Crippen molar-refractivity contribution in [2.45, 2.75) is 50.0 Å². The predicted octanol–water partition coefficient (Wildman–Crippen LogP) is 2.54. The Morgan fingerprint density at radius 1 is 1.32 bits per heavy atom. The Morgan fingerprint density at radius 2 is 2.18 bits per heavy atom. The summed E-state index contributed by atoms with van der Waals surface area (Å²) in [7, 11) is 0. The SMILES string of the molecule is FC(F)OCCN1C[C@@H]2CCC[C@]2(c2nnc(C3CC3)o2)C1. The second-order valence-electron chi connectivity index (χ2n) is 6.83. The minimum Gasteiger partial charge on any atom is -0.424 e. The van der Waals surface area contributed by atoms with E-state index in [9.17, 15) is 8.78 Å². The van der Waals surface area contributed by atoms with Crippen molar-refractivity contribution in [1.82, 2.24) is 15.1 Å². The Morgan fingerprint density at radius 3 is 2.95 bits per heavy atom. The van der Waals surface area contributed by atoms with Gasteiger partial charge < -0.3 is 9.15 Å². The van der Waals surface area contributed by atoms with Crippen molar-refractivity contribution >= 4 is 0 Å². The van der Waals surface area contributed by atoms with Crippen LogP contribution in [-0.2, 0) is 10.2 Å². The van der Waals surface area contributed by atoms with Crippen LogP contribution in [0.2, 0.25) is 0 Å². The van der Waals surface area contributed by atoms with Crippen LogP contribution in [0.1, 0.15) is 49.8 Å². The maximum absolute atomic E-state index is 12.1. The number of nitrogens with zero attached hydrogens (tertiary/aromatic N) is 3. The molecule has 7 heteroatoms. The molecule has 0 radical (unpaired) electrons. The van der Waals surface area contributed by atoms with Gasteiger partial charge in [-0.3, -0.25) is 4.90 Å². The van der Waals surface area contributed by atoms with E-state index in [4.69, 9.17) is 4.42 Å². The van der Waals surface area contributed by atoms with Gasteiger partial charge in [0, 0.05) is 25.6 Å². The molecule has 2 heterocycles. The molecular formula is C15H21F2N3O2. The van der Waals surface area contributed by atoms with E-state index in [1.54, 1.807) is 0 Å². The lowest BCUT2D eigenvalue weighted by Crippen LogP contribution is -2.33. The zero-order valence-electron chi connectivity index (χ0n) is 12.5. The number of likely N-dealkylation sites (tertiary alicyclic amines) is 1. The first-order chi connectivity index (χ1) is 10.7. The van der Waals surface area contributed by atoms with Crippen LogP contribution in [0.15, 0.2) is 4.42 Å². The molecule has 2 aliphatic carbocycles. The second-order valence-corrected chi connectivity index (χ2v) is 6.83. The molecule has 3 aliphatic rings. The van der Waals surface area contributed by atoms with Crippen LogP contribution in [-0.4, -0.2) is 47.9 Å². The molecule has 2 saturated carbocycles. The summed E-state index contributed by atoms with van der Waals surface area (Å²) < 4.78 is 34.5. The zero-order valence-corrected chi connectivity index (χ0v) is 12.5. The van der Waals surface area contributed by atoms with Gasteiger partial charge in [-0.2, -0.15) is 8.78 Å². The summed E-state index contributed by atoms with van der Waals surface area (Å²) in [5.74, 6) is 2.52. The van der Waals surface area contributed by atoms with Crippen LogP contribution >= 0.6 is 0 Å². The second kappa shape index (κ2) is 5.53. The fourth-order valence-corrected chi connectivity index (χ4v) is 4.12. The fourth-order valence-electron chi connectivity index (χ4n) is 4.12. The van der Waals surface area contributed by atoms with Crippen LogP contribution < -0.4 is 0 Å². The van der Waals surface area contributed by atoms with Crippen LogP contribution in [0, 0.1) is 5.92 Å². The number of halogens is 2. The minimum absolute atomic E-state index is 0.0645. The van der Waals surface area contributed by atoms with Crippen molar-refractivity contribution in [3.8, 4) is 0 Å². The molecule has 1 aromatic heterocycles. The number of hydrogen-bond donors (Lipinski definition) is 0. The standard InChI is InChI=1S/C15H21F2N3O2/c16-14(17)21-7-6-20-8-11-2-1-5-15(11,9-20)13-19-18-12(22-13)10-3-4-10/h10-11,14H,1-9H2/t11-,15-/m0/s1. The number of alkyl halides is 2. The average Bonchev–Trinajstić information content (AvgIpc) is 2.93. The van der Waals surface area contributed by atoms with E-state index in [2.05, 4.69) is 19.8 Å². The van der Waals surface area contributed by atoms with E-state index >= 15 is 0 Å². The van der Waals surface area contributed by atoms with Crippen LogP contribution in [0.5, 0.6) is 0 Å². The van der Waals surface area contributed by atoms with E-state index in [0.29, 0.717) is 18.4 Å². The normalized spacial score (nSPS) is 32.0. The van der Waals surface area contributed by atoms with E-state index in [1.165, 1.54) is 6.42 Å². The van der Waals surface area contributed by atoms with Crippen molar-refractivity contribution in [3.05, 3.63) is 11.8 Å². The van der Waals surface area contributed by atoms with E-state index < -0.39 is 6.61 Å². The third-order valence-electron chi connectivity index (χ3n) is 5.39. The summed E-state index contributed by atoms with van der Waals surface area (Å²) in [5, 5.41) is 8.57.